The van der Waals surface area contributed by atoms with E-state index in [1.807, 2.05) is 54.6 Å². The van der Waals surface area contributed by atoms with Crippen LogP contribution < -0.4 is 9.47 Å². The summed E-state index contributed by atoms with van der Waals surface area (Å²) in [4.78, 5) is 26.9. The van der Waals surface area contributed by atoms with Crippen molar-refractivity contribution in [2.75, 3.05) is 13.2 Å². The molecule has 0 saturated carbocycles. The number of hydrogen-bond acceptors (Lipinski definition) is 5. The fourth-order valence-electron chi connectivity index (χ4n) is 3.11. The summed E-state index contributed by atoms with van der Waals surface area (Å²) in [7, 11) is 0. The van der Waals surface area contributed by atoms with E-state index >= 15 is 0 Å². The molecule has 162 valence electrons. The first-order valence-electron chi connectivity index (χ1n) is 9.99. The van der Waals surface area contributed by atoms with Gasteiger partial charge in [0, 0.05) is 10.6 Å². The molecule has 1 aliphatic heterocycles. The quantitative estimate of drug-likeness (QED) is 0.300. The molecule has 0 N–H and O–H groups in total. The van der Waals surface area contributed by atoms with E-state index in [2.05, 4.69) is 0 Å². The lowest BCUT2D eigenvalue weighted by Crippen LogP contribution is -2.27. The maximum Gasteiger partial charge on any atom is 0.293 e. The first-order chi connectivity index (χ1) is 15.6. The molecule has 7 heteroatoms. The summed E-state index contributed by atoms with van der Waals surface area (Å²) in [6, 6.07) is 24.0. The van der Waals surface area contributed by atoms with Crippen molar-refractivity contribution in [3.8, 4) is 11.5 Å². The highest BCUT2D eigenvalue weighted by Gasteiger charge is 2.35. The van der Waals surface area contributed by atoms with E-state index in [0.717, 1.165) is 28.6 Å². The van der Waals surface area contributed by atoms with Gasteiger partial charge in [-0.2, -0.15) is 0 Å². The fourth-order valence-corrected chi connectivity index (χ4v) is 4.06. The van der Waals surface area contributed by atoms with E-state index in [1.54, 1.807) is 30.3 Å². The van der Waals surface area contributed by atoms with Gasteiger partial charge < -0.3 is 9.47 Å². The Morgan fingerprint density at radius 1 is 0.844 bits per heavy atom. The van der Waals surface area contributed by atoms with Crippen molar-refractivity contribution in [2.45, 2.75) is 6.54 Å². The summed E-state index contributed by atoms with van der Waals surface area (Å²) in [6.07, 6.45) is 1.69. The normalized spacial score (nSPS) is 14.8. The van der Waals surface area contributed by atoms with Gasteiger partial charge in [0.1, 0.15) is 24.7 Å². The lowest BCUT2D eigenvalue weighted by molar-refractivity contribution is -0.123. The molecule has 0 aromatic heterocycles. The van der Waals surface area contributed by atoms with Crippen LogP contribution in [0.15, 0.2) is 83.8 Å². The maximum absolute atomic E-state index is 12.8. The molecule has 0 aliphatic carbocycles. The predicted octanol–water partition coefficient (Wildman–Crippen LogP) is 6.03. The van der Waals surface area contributed by atoms with E-state index in [4.69, 9.17) is 21.1 Å². The molecule has 4 rings (SSSR count). The van der Waals surface area contributed by atoms with Gasteiger partial charge in [0.15, 0.2) is 0 Å². The van der Waals surface area contributed by atoms with Gasteiger partial charge in [-0.15, -0.1) is 0 Å². The molecule has 0 bridgehead atoms. The van der Waals surface area contributed by atoms with Gasteiger partial charge in [-0.3, -0.25) is 14.5 Å². The van der Waals surface area contributed by atoms with Gasteiger partial charge in [-0.25, -0.2) is 0 Å². The molecule has 3 aromatic rings. The highest BCUT2D eigenvalue weighted by molar-refractivity contribution is 8.18. The van der Waals surface area contributed by atoms with Crippen molar-refractivity contribution in [3.63, 3.8) is 0 Å². The second-order valence-electron chi connectivity index (χ2n) is 6.94. The number of rotatable bonds is 8. The zero-order valence-electron chi connectivity index (χ0n) is 17.1. The van der Waals surface area contributed by atoms with Crippen LogP contribution >= 0.6 is 23.4 Å². The van der Waals surface area contributed by atoms with Crippen LogP contribution in [-0.4, -0.2) is 29.3 Å². The van der Waals surface area contributed by atoms with Crippen molar-refractivity contribution >= 4 is 40.6 Å². The number of imide groups is 1. The standard InChI is InChI=1S/C25H20ClNO4S/c26-20-12-10-18(11-13-20)17-27-24(28)23(32-25(27)29)16-19-6-4-5-9-22(19)31-15-14-30-21-7-2-1-3-8-21/h1-13,16H,14-15,17H2/b23-16+. The van der Waals surface area contributed by atoms with Crippen molar-refractivity contribution in [1.82, 2.24) is 4.90 Å². The molecule has 5 nitrogen and oxygen atoms in total. The van der Waals surface area contributed by atoms with Crippen molar-refractivity contribution < 1.29 is 19.1 Å². The van der Waals surface area contributed by atoms with Crippen LogP contribution in [0.25, 0.3) is 6.08 Å². The Hall–Kier alpha value is -3.22. The summed E-state index contributed by atoms with van der Waals surface area (Å²) >= 11 is 6.84. The van der Waals surface area contributed by atoms with Gasteiger partial charge in [0.2, 0.25) is 0 Å². The summed E-state index contributed by atoms with van der Waals surface area (Å²) in [5.74, 6) is 1.07. The third kappa shape index (κ3) is 5.52. The summed E-state index contributed by atoms with van der Waals surface area (Å²) in [5.41, 5.74) is 1.56. The first-order valence-corrected chi connectivity index (χ1v) is 11.2. The van der Waals surface area contributed by atoms with Crippen LogP contribution in [0, 0.1) is 0 Å². The van der Waals surface area contributed by atoms with E-state index in [9.17, 15) is 9.59 Å². The third-order valence-electron chi connectivity index (χ3n) is 4.69. The monoisotopic (exact) mass is 465 g/mol. The number of nitrogens with zero attached hydrogens (tertiary/aromatic N) is 1. The highest BCUT2D eigenvalue weighted by Crippen LogP contribution is 2.35. The van der Waals surface area contributed by atoms with E-state index in [0.29, 0.717) is 28.9 Å². The number of carbonyl (C=O) groups excluding carboxylic acids is 2. The van der Waals surface area contributed by atoms with Crippen molar-refractivity contribution in [2.24, 2.45) is 0 Å². The molecule has 0 atom stereocenters. The zero-order chi connectivity index (χ0) is 22.3. The van der Waals surface area contributed by atoms with Gasteiger partial charge in [0.05, 0.1) is 11.4 Å². The molecule has 3 aromatic carbocycles. The number of carbonyl (C=O) groups is 2. The minimum absolute atomic E-state index is 0.203. The lowest BCUT2D eigenvalue weighted by atomic mass is 10.1. The molecular weight excluding hydrogens is 446 g/mol. The molecule has 1 saturated heterocycles. The van der Waals surface area contributed by atoms with Gasteiger partial charge >= 0.3 is 0 Å². The number of thioether (sulfide) groups is 1. The van der Waals surface area contributed by atoms with E-state index in [1.165, 1.54) is 4.90 Å². The minimum atomic E-state index is -0.322. The number of para-hydroxylation sites is 2. The van der Waals surface area contributed by atoms with Gasteiger partial charge in [-0.05, 0) is 53.7 Å². The fraction of sp³-hybridized carbons (Fsp3) is 0.120. The molecule has 0 spiro atoms. The smallest absolute Gasteiger partial charge is 0.293 e. The highest BCUT2D eigenvalue weighted by atomic mass is 35.5. The molecule has 32 heavy (non-hydrogen) atoms. The number of hydrogen-bond donors (Lipinski definition) is 0. The average molecular weight is 466 g/mol. The predicted molar refractivity (Wildman–Crippen MR) is 127 cm³/mol. The van der Waals surface area contributed by atoms with Crippen molar-refractivity contribution in [3.05, 3.63) is 99.9 Å². The minimum Gasteiger partial charge on any atom is -0.490 e. The largest absolute Gasteiger partial charge is 0.490 e. The van der Waals surface area contributed by atoms with Crippen LogP contribution in [0.1, 0.15) is 11.1 Å². The SMILES string of the molecule is O=C1S/C(=C/c2ccccc2OCCOc2ccccc2)C(=O)N1Cc1ccc(Cl)cc1. The Bertz CT molecular complexity index is 1130. The molecular formula is C25H20ClNO4S. The molecule has 1 fully saturated rings. The Balaban J connectivity index is 1.41. The summed E-state index contributed by atoms with van der Waals surface area (Å²) in [6.45, 7) is 0.932. The zero-order valence-corrected chi connectivity index (χ0v) is 18.6. The Labute approximate surface area is 195 Å². The number of benzene rings is 3. The Morgan fingerprint density at radius 3 is 2.31 bits per heavy atom. The second kappa shape index (κ2) is 10.4. The maximum atomic E-state index is 12.8. The van der Waals surface area contributed by atoms with Crippen LogP contribution in [0.2, 0.25) is 5.02 Å². The molecule has 0 unspecified atom stereocenters. The van der Waals surface area contributed by atoms with Gasteiger partial charge in [-0.1, -0.05) is 60.1 Å². The summed E-state index contributed by atoms with van der Waals surface area (Å²) < 4.78 is 11.5. The van der Waals surface area contributed by atoms with Gasteiger partial charge in [0.25, 0.3) is 11.1 Å². The average Bonchev–Trinajstić information content (AvgIpc) is 3.07. The first kappa shape index (κ1) is 22.0. The van der Waals surface area contributed by atoms with E-state index < -0.39 is 0 Å². The number of ether oxygens (including phenoxy) is 2. The molecule has 0 radical (unpaired) electrons. The Morgan fingerprint density at radius 2 is 1.53 bits per heavy atom. The molecule has 2 amide bonds. The summed E-state index contributed by atoms with van der Waals surface area (Å²) in [5, 5.41) is 0.305. The van der Waals surface area contributed by atoms with Crippen LogP contribution in [0.5, 0.6) is 11.5 Å². The lowest BCUT2D eigenvalue weighted by Gasteiger charge is -2.12. The topological polar surface area (TPSA) is 55.8 Å². The van der Waals surface area contributed by atoms with Crippen LogP contribution in [0.4, 0.5) is 4.79 Å². The number of halogens is 1. The second-order valence-corrected chi connectivity index (χ2v) is 8.37. The Kier molecular flexibility index (Phi) is 7.14. The number of amides is 2. The molecule has 1 aliphatic rings. The van der Waals surface area contributed by atoms with E-state index in [-0.39, 0.29) is 17.7 Å². The van der Waals surface area contributed by atoms with Crippen LogP contribution in [-0.2, 0) is 11.3 Å². The molecule has 1 heterocycles. The van der Waals surface area contributed by atoms with Crippen molar-refractivity contribution in [1.29, 1.82) is 0 Å². The van der Waals surface area contributed by atoms with Crippen LogP contribution in [0.3, 0.4) is 0 Å². The third-order valence-corrected chi connectivity index (χ3v) is 5.85.